The molecule has 1 aliphatic heterocycles. The van der Waals surface area contributed by atoms with Gasteiger partial charge < -0.3 is 9.84 Å². The standard InChI is InChI=1S/C10H21NO2S/c1-9-7-11(8-10(2)14-9)3-5-13-6-4-12/h9-10,12H,3-8H2,1-2H3. The van der Waals surface area contributed by atoms with Crippen molar-refractivity contribution >= 4 is 11.8 Å². The van der Waals surface area contributed by atoms with E-state index in [-0.39, 0.29) is 6.61 Å². The van der Waals surface area contributed by atoms with Crippen molar-refractivity contribution in [2.24, 2.45) is 0 Å². The highest BCUT2D eigenvalue weighted by Crippen LogP contribution is 2.24. The Bertz CT molecular complexity index is 147. The van der Waals surface area contributed by atoms with E-state index in [2.05, 4.69) is 30.5 Å². The third kappa shape index (κ3) is 4.64. The Hall–Kier alpha value is 0.230. The maximum absolute atomic E-state index is 8.55. The summed E-state index contributed by atoms with van der Waals surface area (Å²) in [5, 5.41) is 10.0. The molecule has 0 radical (unpaired) electrons. The summed E-state index contributed by atoms with van der Waals surface area (Å²) in [5.74, 6) is 0. The van der Waals surface area contributed by atoms with Gasteiger partial charge >= 0.3 is 0 Å². The van der Waals surface area contributed by atoms with Gasteiger partial charge in [0.15, 0.2) is 0 Å². The van der Waals surface area contributed by atoms with Crippen LogP contribution in [0.3, 0.4) is 0 Å². The Morgan fingerprint density at radius 1 is 1.29 bits per heavy atom. The first-order chi connectivity index (χ1) is 6.72. The van der Waals surface area contributed by atoms with E-state index in [4.69, 9.17) is 9.84 Å². The summed E-state index contributed by atoms with van der Waals surface area (Å²) in [4.78, 5) is 2.45. The van der Waals surface area contributed by atoms with Crippen LogP contribution in [0.25, 0.3) is 0 Å². The molecule has 0 amide bonds. The quantitative estimate of drug-likeness (QED) is 0.694. The molecular formula is C10H21NO2S. The van der Waals surface area contributed by atoms with Crippen LogP contribution in [0.4, 0.5) is 0 Å². The molecule has 2 atom stereocenters. The van der Waals surface area contributed by atoms with Gasteiger partial charge in [-0.15, -0.1) is 0 Å². The van der Waals surface area contributed by atoms with E-state index in [9.17, 15) is 0 Å². The largest absolute Gasteiger partial charge is 0.394 e. The minimum atomic E-state index is 0.128. The first kappa shape index (κ1) is 12.3. The average Bonchev–Trinajstić information content (AvgIpc) is 2.11. The van der Waals surface area contributed by atoms with E-state index in [1.807, 2.05) is 0 Å². The molecule has 3 nitrogen and oxygen atoms in total. The smallest absolute Gasteiger partial charge is 0.0698 e. The predicted octanol–water partition coefficient (Wildman–Crippen LogP) is 0.821. The summed E-state index contributed by atoms with van der Waals surface area (Å²) in [6, 6.07) is 0. The third-order valence-electron chi connectivity index (χ3n) is 2.28. The highest BCUT2D eigenvalue weighted by atomic mass is 32.2. The minimum Gasteiger partial charge on any atom is -0.394 e. The van der Waals surface area contributed by atoms with Crippen LogP contribution in [0.5, 0.6) is 0 Å². The molecule has 1 N–H and O–H groups in total. The van der Waals surface area contributed by atoms with Crippen molar-refractivity contribution in [2.45, 2.75) is 24.3 Å². The van der Waals surface area contributed by atoms with Crippen molar-refractivity contribution in [1.82, 2.24) is 4.90 Å². The molecule has 0 saturated carbocycles. The molecule has 84 valence electrons. The van der Waals surface area contributed by atoms with Gasteiger partial charge in [0.25, 0.3) is 0 Å². The Balaban J connectivity index is 2.10. The fourth-order valence-electron chi connectivity index (χ4n) is 1.83. The van der Waals surface area contributed by atoms with Crippen molar-refractivity contribution in [2.75, 3.05) is 39.5 Å². The van der Waals surface area contributed by atoms with Gasteiger partial charge in [0, 0.05) is 30.1 Å². The van der Waals surface area contributed by atoms with Crippen molar-refractivity contribution in [3.05, 3.63) is 0 Å². The highest BCUT2D eigenvalue weighted by Gasteiger charge is 2.21. The van der Waals surface area contributed by atoms with Gasteiger partial charge in [-0.2, -0.15) is 11.8 Å². The number of ether oxygens (including phenoxy) is 1. The van der Waals surface area contributed by atoms with E-state index in [1.54, 1.807) is 0 Å². The van der Waals surface area contributed by atoms with E-state index in [0.717, 1.165) is 36.7 Å². The maximum atomic E-state index is 8.55. The topological polar surface area (TPSA) is 32.7 Å². The molecular weight excluding hydrogens is 198 g/mol. The van der Waals surface area contributed by atoms with Crippen LogP contribution in [0.2, 0.25) is 0 Å². The Morgan fingerprint density at radius 3 is 2.50 bits per heavy atom. The predicted molar refractivity (Wildman–Crippen MR) is 60.9 cm³/mol. The van der Waals surface area contributed by atoms with E-state index < -0.39 is 0 Å². The molecule has 0 bridgehead atoms. The zero-order valence-corrected chi connectivity index (χ0v) is 9.92. The van der Waals surface area contributed by atoms with Crippen molar-refractivity contribution in [3.8, 4) is 0 Å². The summed E-state index contributed by atoms with van der Waals surface area (Å²) in [6.07, 6.45) is 0. The van der Waals surface area contributed by atoms with E-state index in [1.165, 1.54) is 0 Å². The van der Waals surface area contributed by atoms with Crippen LogP contribution in [-0.2, 0) is 4.74 Å². The zero-order valence-electron chi connectivity index (χ0n) is 9.11. The second-order valence-corrected chi connectivity index (χ2v) is 5.73. The minimum absolute atomic E-state index is 0.128. The molecule has 4 heteroatoms. The van der Waals surface area contributed by atoms with Crippen LogP contribution >= 0.6 is 11.8 Å². The van der Waals surface area contributed by atoms with Gasteiger partial charge in [-0.3, -0.25) is 4.90 Å². The molecule has 0 aromatic heterocycles. The average molecular weight is 219 g/mol. The molecule has 1 aliphatic rings. The van der Waals surface area contributed by atoms with Crippen LogP contribution < -0.4 is 0 Å². The molecule has 14 heavy (non-hydrogen) atoms. The lowest BCUT2D eigenvalue weighted by atomic mass is 10.3. The zero-order chi connectivity index (χ0) is 10.4. The van der Waals surface area contributed by atoms with Crippen molar-refractivity contribution in [3.63, 3.8) is 0 Å². The van der Waals surface area contributed by atoms with Gasteiger partial charge in [-0.1, -0.05) is 13.8 Å². The van der Waals surface area contributed by atoms with Crippen LogP contribution in [0.1, 0.15) is 13.8 Å². The molecule has 2 unspecified atom stereocenters. The van der Waals surface area contributed by atoms with Gasteiger partial charge in [0.2, 0.25) is 0 Å². The third-order valence-corrected chi connectivity index (χ3v) is 3.51. The molecule has 0 aliphatic carbocycles. The van der Waals surface area contributed by atoms with Crippen LogP contribution in [0, 0.1) is 0 Å². The number of hydrogen-bond acceptors (Lipinski definition) is 4. The van der Waals surface area contributed by atoms with Crippen molar-refractivity contribution < 1.29 is 9.84 Å². The molecule has 0 aromatic rings. The van der Waals surface area contributed by atoms with Crippen LogP contribution in [-0.4, -0.2) is 60.0 Å². The Morgan fingerprint density at radius 2 is 1.93 bits per heavy atom. The first-order valence-corrected chi connectivity index (χ1v) is 6.23. The van der Waals surface area contributed by atoms with Crippen molar-refractivity contribution in [1.29, 1.82) is 0 Å². The molecule has 0 spiro atoms. The second-order valence-electron chi connectivity index (χ2n) is 3.85. The SMILES string of the molecule is CC1CN(CCOCCO)CC(C)S1. The number of aliphatic hydroxyl groups is 1. The lowest BCUT2D eigenvalue weighted by Crippen LogP contribution is -2.42. The van der Waals surface area contributed by atoms with Gasteiger partial charge in [0.05, 0.1) is 19.8 Å². The maximum Gasteiger partial charge on any atom is 0.0698 e. The summed E-state index contributed by atoms with van der Waals surface area (Å²) >= 11 is 2.07. The summed E-state index contributed by atoms with van der Waals surface area (Å²) in [5.41, 5.74) is 0. The monoisotopic (exact) mass is 219 g/mol. The van der Waals surface area contributed by atoms with E-state index in [0.29, 0.717) is 6.61 Å². The first-order valence-electron chi connectivity index (χ1n) is 5.28. The fraction of sp³-hybridized carbons (Fsp3) is 1.00. The number of hydrogen-bond donors (Lipinski definition) is 1. The second kappa shape index (κ2) is 6.67. The van der Waals surface area contributed by atoms with E-state index >= 15 is 0 Å². The van der Waals surface area contributed by atoms with Gasteiger partial charge in [-0.25, -0.2) is 0 Å². The number of thioether (sulfide) groups is 1. The normalized spacial score (nSPS) is 29.4. The molecule has 1 fully saturated rings. The molecule has 1 saturated heterocycles. The van der Waals surface area contributed by atoms with Gasteiger partial charge in [0.1, 0.15) is 0 Å². The summed E-state index contributed by atoms with van der Waals surface area (Å²) < 4.78 is 5.26. The molecule has 1 heterocycles. The fourth-order valence-corrected chi connectivity index (χ4v) is 3.21. The number of nitrogens with zero attached hydrogens (tertiary/aromatic N) is 1. The Labute approximate surface area is 90.8 Å². The summed E-state index contributed by atoms with van der Waals surface area (Å²) in [6.45, 7) is 9.22. The summed E-state index contributed by atoms with van der Waals surface area (Å²) in [7, 11) is 0. The molecule has 0 aromatic carbocycles. The lowest BCUT2D eigenvalue weighted by Gasteiger charge is -2.34. The molecule has 1 rings (SSSR count). The number of aliphatic hydroxyl groups excluding tert-OH is 1. The van der Waals surface area contributed by atoms with Gasteiger partial charge in [-0.05, 0) is 0 Å². The number of rotatable bonds is 5. The Kier molecular flexibility index (Phi) is 5.86. The lowest BCUT2D eigenvalue weighted by molar-refractivity contribution is 0.0733. The van der Waals surface area contributed by atoms with Crippen LogP contribution in [0.15, 0.2) is 0 Å². The highest BCUT2D eigenvalue weighted by molar-refractivity contribution is 8.00.